The normalized spacial score (nSPS) is 12.3. The number of para-hydroxylation sites is 1. The molecule has 0 bridgehead atoms. The number of methoxy groups -OCH3 is 2. The van der Waals surface area contributed by atoms with Crippen LogP contribution in [0.15, 0.2) is 66.7 Å². The zero-order valence-electron chi connectivity index (χ0n) is 27.9. The van der Waals surface area contributed by atoms with E-state index in [1.54, 1.807) is 75.4 Å². The first-order valence-electron chi connectivity index (χ1n) is 14.9. The van der Waals surface area contributed by atoms with Crippen LogP contribution in [-0.2, 0) is 19.2 Å². The van der Waals surface area contributed by atoms with E-state index in [9.17, 15) is 19.2 Å². The topological polar surface area (TPSA) is 222 Å². The summed E-state index contributed by atoms with van der Waals surface area (Å²) in [5.74, 6) is 21.7. The molecule has 0 aliphatic heterocycles. The molecular weight excluding hydrogens is 620 g/mol. The van der Waals surface area contributed by atoms with Crippen molar-refractivity contribution in [3.63, 3.8) is 0 Å². The highest BCUT2D eigenvalue weighted by molar-refractivity contribution is 6.02. The Morgan fingerprint density at radius 2 is 1.48 bits per heavy atom. The van der Waals surface area contributed by atoms with Crippen LogP contribution in [-0.4, -0.2) is 48.5 Å². The van der Waals surface area contributed by atoms with Crippen molar-refractivity contribution in [3.05, 3.63) is 77.9 Å². The van der Waals surface area contributed by atoms with Gasteiger partial charge in [0.15, 0.2) is 17.3 Å². The summed E-state index contributed by atoms with van der Waals surface area (Å²) in [6.07, 6.45) is -0.514. The molecule has 3 rings (SSSR count). The van der Waals surface area contributed by atoms with Gasteiger partial charge in [0.05, 0.1) is 43.6 Å². The van der Waals surface area contributed by atoms with E-state index in [0.717, 1.165) is 20.6 Å². The summed E-state index contributed by atoms with van der Waals surface area (Å²) < 4.78 is 10.6. The Hall–Kier alpha value is -5.22. The van der Waals surface area contributed by atoms with Gasteiger partial charge in [-0.2, -0.15) is 5.90 Å². The van der Waals surface area contributed by atoms with Crippen molar-refractivity contribution >= 4 is 40.8 Å². The van der Waals surface area contributed by atoms with Crippen molar-refractivity contribution < 1.29 is 33.5 Å². The van der Waals surface area contributed by atoms with E-state index in [4.69, 9.17) is 32.9 Å². The molecule has 0 aliphatic carbocycles. The number of nitrogens with zero attached hydrogens (tertiary/aromatic N) is 3. The fraction of sp³-hybridized carbons (Fsp3) is 0.333. The lowest BCUT2D eigenvalue weighted by Gasteiger charge is -2.31. The molecule has 258 valence electrons. The number of rotatable bonds is 14. The van der Waals surface area contributed by atoms with Gasteiger partial charge < -0.3 is 19.6 Å². The van der Waals surface area contributed by atoms with Gasteiger partial charge in [-0.1, -0.05) is 31.2 Å². The Morgan fingerprint density at radius 3 is 2.06 bits per heavy atom. The van der Waals surface area contributed by atoms with Crippen molar-refractivity contribution in [2.45, 2.75) is 52.1 Å². The maximum absolute atomic E-state index is 13.5. The maximum Gasteiger partial charge on any atom is 0.357 e. The SMILES string of the molecule is COc1ccc([C@H](CC(=O)ON)N(N)C(=O)C(C)CC(=O)C(C)(C)Nc2ccc(N(N)C(=O)N(N)c3ccccc3C)cc2)cc1OC. The van der Waals surface area contributed by atoms with Crippen LogP contribution < -0.4 is 48.2 Å². The Bertz CT molecular complexity index is 1620. The van der Waals surface area contributed by atoms with Crippen LogP contribution in [0.5, 0.6) is 11.5 Å². The fourth-order valence-corrected chi connectivity index (χ4v) is 4.97. The van der Waals surface area contributed by atoms with Crippen LogP contribution in [0.1, 0.15) is 50.8 Å². The van der Waals surface area contributed by atoms with Crippen LogP contribution in [0, 0.1) is 12.8 Å². The number of ketones is 1. The fourth-order valence-electron chi connectivity index (χ4n) is 4.97. The number of hydrogen-bond acceptors (Lipinski definition) is 12. The Morgan fingerprint density at radius 1 is 0.854 bits per heavy atom. The minimum absolute atomic E-state index is 0.166. The van der Waals surface area contributed by atoms with Gasteiger partial charge in [-0.25, -0.2) is 32.3 Å². The lowest BCUT2D eigenvalue weighted by atomic mass is 9.90. The Kier molecular flexibility index (Phi) is 12.5. The van der Waals surface area contributed by atoms with E-state index < -0.39 is 35.4 Å². The Labute approximate surface area is 279 Å². The quantitative estimate of drug-likeness (QED) is 0.0952. The average molecular weight is 665 g/mol. The highest BCUT2D eigenvalue weighted by atomic mass is 16.7. The molecule has 9 N–H and O–H groups in total. The summed E-state index contributed by atoms with van der Waals surface area (Å²) >= 11 is 0. The molecule has 0 aliphatic rings. The van der Waals surface area contributed by atoms with Crippen LogP contribution in [0.2, 0.25) is 0 Å². The number of aryl methyl sites for hydroxylation is 1. The first kappa shape index (κ1) is 37.2. The first-order chi connectivity index (χ1) is 22.6. The number of nitrogens with two attached hydrogens (primary N) is 4. The molecule has 0 fully saturated rings. The molecule has 48 heavy (non-hydrogen) atoms. The number of urea groups is 1. The Balaban J connectivity index is 1.69. The molecule has 3 aromatic carbocycles. The van der Waals surface area contributed by atoms with E-state index in [0.29, 0.717) is 34.1 Å². The number of carbonyl (C=O) groups excluding carboxylic acids is 4. The second-order valence-electron chi connectivity index (χ2n) is 11.7. The molecule has 0 heterocycles. The molecule has 3 amide bonds. The molecular formula is C33H44N8O7. The number of hydrazine groups is 3. The van der Waals surface area contributed by atoms with Crippen molar-refractivity contribution in [3.8, 4) is 11.5 Å². The number of carbonyl (C=O) groups is 4. The van der Waals surface area contributed by atoms with Gasteiger partial charge in [-0.05, 0) is 74.4 Å². The van der Waals surface area contributed by atoms with Crippen molar-refractivity contribution in [2.24, 2.45) is 29.3 Å². The molecule has 0 spiro atoms. The second-order valence-corrected chi connectivity index (χ2v) is 11.7. The number of anilines is 3. The van der Waals surface area contributed by atoms with E-state index in [2.05, 4.69) is 10.2 Å². The number of nitrogens with one attached hydrogen (secondary N) is 1. The third-order valence-corrected chi connectivity index (χ3v) is 7.87. The van der Waals surface area contributed by atoms with Gasteiger partial charge in [-0.15, -0.1) is 0 Å². The predicted octanol–water partition coefficient (Wildman–Crippen LogP) is 3.23. The first-order valence-corrected chi connectivity index (χ1v) is 14.9. The molecule has 0 radical (unpaired) electrons. The van der Waals surface area contributed by atoms with E-state index in [-0.39, 0.29) is 18.6 Å². The van der Waals surface area contributed by atoms with E-state index in [1.165, 1.54) is 14.2 Å². The van der Waals surface area contributed by atoms with Crippen LogP contribution in [0.25, 0.3) is 0 Å². The second kappa shape index (κ2) is 16.1. The molecule has 15 nitrogen and oxygen atoms in total. The third-order valence-electron chi connectivity index (χ3n) is 7.87. The van der Waals surface area contributed by atoms with E-state index >= 15 is 0 Å². The summed E-state index contributed by atoms with van der Waals surface area (Å²) in [6.45, 7) is 6.76. The number of benzene rings is 3. The number of amides is 3. The zero-order chi connectivity index (χ0) is 35.8. The van der Waals surface area contributed by atoms with Gasteiger partial charge in [0.2, 0.25) is 5.91 Å². The minimum Gasteiger partial charge on any atom is -0.493 e. The zero-order valence-corrected chi connectivity index (χ0v) is 27.9. The molecule has 15 heteroatoms. The highest BCUT2D eigenvalue weighted by Gasteiger charge is 2.34. The van der Waals surface area contributed by atoms with E-state index in [1.807, 2.05) is 19.1 Å². The smallest absolute Gasteiger partial charge is 0.357 e. The van der Waals surface area contributed by atoms with Crippen LogP contribution in [0.4, 0.5) is 21.9 Å². The molecule has 2 atom stereocenters. The summed E-state index contributed by atoms with van der Waals surface area (Å²) in [6, 6.07) is 16.9. The predicted molar refractivity (Wildman–Crippen MR) is 181 cm³/mol. The summed E-state index contributed by atoms with van der Waals surface area (Å²) in [5, 5.41) is 5.95. The highest BCUT2D eigenvalue weighted by Crippen LogP contribution is 2.33. The van der Waals surface area contributed by atoms with Gasteiger partial charge >= 0.3 is 12.0 Å². The monoisotopic (exact) mass is 664 g/mol. The number of ether oxygens (including phenoxy) is 2. The van der Waals surface area contributed by atoms with Gasteiger partial charge in [0.25, 0.3) is 0 Å². The molecule has 1 unspecified atom stereocenters. The molecule has 0 saturated carbocycles. The molecule has 0 aromatic heterocycles. The molecule has 3 aromatic rings. The average Bonchev–Trinajstić information content (AvgIpc) is 3.08. The van der Waals surface area contributed by atoms with Gasteiger partial charge in [0.1, 0.15) is 0 Å². The van der Waals surface area contributed by atoms with Gasteiger partial charge in [0, 0.05) is 18.0 Å². The maximum atomic E-state index is 13.5. The van der Waals surface area contributed by atoms with Crippen molar-refractivity contribution in [1.29, 1.82) is 0 Å². The van der Waals surface area contributed by atoms with Crippen LogP contribution >= 0.6 is 0 Å². The lowest BCUT2D eigenvalue weighted by Crippen LogP contribution is -2.51. The summed E-state index contributed by atoms with van der Waals surface area (Å²) in [4.78, 5) is 56.3. The summed E-state index contributed by atoms with van der Waals surface area (Å²) in [7, 11) is 2.92. The summed E-state index contributed by atoms with van der Waals surface area (Å²) in [5.41, 5.74) is 1.59. The lowest BCUT2D eigenvalue weighted by molar-refractivity contribution is -0.148. The largest absolute Gasteiger partial charge is 0.493 e. The minimum atomic E-state index is -1.11. The third kappa shape index (κ3) is 8.77. The van der Waals surface area contributed by atoms with Crippen LogP contribution in [0.3, 0.4) is 0 Å². The number of hydrogen-bond donors (Lipinski definition) is 5. The molecule has 0 saturated heterocycles. The van der Waals surface area contributed by atoms with Gasteiger partial charge in [-0.3, -0.25) is 19.4 Å². The van der Waals surface area contributed by atoms with Crippen molar-refractivity contribution in [2.75, 3.05) is 29.6 Å². The standard InChI is InChI=1S/C33H44N8O7/c1-20-9-7-8-10-25(20)41(36)32(45)39(34)24-14-12-23(13-15-24)38-33(3,4)29(42)17-21(2)31(44)40(35)26(19-30(43)48-37)22-11-16-27(46-5)28(18-22)47-6/h7-16,18,21,26,38H,17,19,34-37H2,1-6H3/t21?,26-/m0/s1. The van der Waals surface area contributed by atoms with Crippen molar-refractivity contribution in [1.82, 2.24) is 5.01 Å². The number of Topliss-reactive ketones (excluding diaryl/α,β-unsaturated/α-hetero) is 1.